The molecule has 1 N–H and O–H groups in total. The molecule has 1 heterocycles. The average molecular weight is 392 g/mol. The lowest BCUT2D eigenvalue weighted by molar-refractivity contribution is -0.113. The monoisotopic (exact) mass is 391 g/mol. The van der Waals surface area contributed by atoms with Gasteiger partial charge in [-0.15, -0.1) is 10.2 Å². The third-order valence-corrected chi connectivity index (χ3v) is 5.06. The van der Waals surface area contributed by atoms with Crippen molar-refractivity contribution in [3.05, 3.63) is 59.7 Å². The molecular formula is C21H21N5OS. The van der Waals surface area contributed by atoms with Crippen molar-refractivity contribution in [1.29, 1.82) is 5.26 Å². The van der Waals surface area contributed by atoms with Gasteiger partial charge in [0.1, 0.15) is 6.07 Å². The summed E-state index contributed by atoms with van der Waals surface area (Å²) in [5.74, 6) is 0.814. The number of hydrogen-bond acceptors (Lipinski definition) is 5. The van der Waals surface area contributed by atoms with Crippen LogP contribution in [0, 0.1) is 18.3 Å². The van der Waals surface area contributed by atoms with Crippen LogP contribution in [0.4, 0.5) is 5.69 Å². The minimum Gasteiger partial charge on any atom is -0.324 e. The molecule has 0 spiro atoms. The fraction of sp³-hybridized carbons (Fsp3) is 0.238. The maximum atomic E-state index is 12.3. The molecule has 2 aromatic carbocycles. The normalized spacial score (nSPS) is 10.5. The fourth-order valence-electron chi connectivity index (χ4n) is 2.82. The Bertz CT molecular complexity index is 1020. The molecule has 0 saturated carbocycles. The third-order valence-electron chi connectivity index (χ3n) is 4.09. The predicted molar refractivity (Wildman–Crippen MR) is 111 cm³/mol. The molecule has 28 heavy (non-hydrogen) atoms. The number of anilines is 1. The maximum absolute atomic E-state index is 12.3. The predicted octanol–water partition coefficient (Wildman–Crippen LogP) is 4.27. The van der Waals surface area contributed by atoms with Crippen molar-refractivity contribution in [1.82, 2.24) is 14.8 Å². The summed E-state index contributed by atoms with van der Waals surface area (Å²) in [5, 5.41) is 21.3. The van der Waals surface area contributed by atoms with Crippen molar-refractivity contribution in [2.45, 2.75) is 32.0 Å². The van der Waals surface area contributed by atoms with Gasteiger partial charge in [-0.3, -0.25) is 4.79 Å². The van der Waals surface area contributed by atoms with E-state index in [0.717, 1.165) is 29.9 Å². The van der Waals surface area contributed by atoms with Crippen LogP contribution < -0.4 is 5.32 Å². The van der Waals surface area contributed by atoms with Crippen molar-refractivity contribution in [2.75, 3.05) is 11.1 Å². The number of aromatic nitrogens is 3. The van der Waals surface area contributed by atoms with Gasteiger partial charge >= 0.3 is 0 Å². The Hall–Kier alpha value is -3.11. The van der Waals surface area contributed by atoms with Gasteiger partial charge < -0.3 is 9.88 Å². The van der Waals surface area contributed by atoms with Crippen LogP contribution in [0.5, 0.6) is 0 Å². The molecule has 1 amide bonds. The molecular weight excluding hydrogens is 370 g/mol. The Morgan fingerprint density at radius 3 is 2.79 bits per heavy atom. The summed E-state index contributed by atoms with van der Waals surface area (Å²) in [5.41, 5.74) is 3.14. The molecule has 3 aromatic rings. The van der Waals surface area contributed by atoms with Crippen molar-refractivity contribution in [3.63, 3.8) is 0 Å². The topological polar surface area (TPSA) is 83.6 Å². The van der Waals surface area contributed by atoms with Crippen molar-refractivity contribution < 1.29 is 4.79 Å². The molecule has 0 aliphatic carbocycles. The second kappa shape index (κ2) is 9.20. The Morgan fingerprint density at radius 2 is 2.04 bits per heavy atom. The minimum absolute atomic E-state index is 0.184. The molecule has 3 rings (SSSR count). The molecule has 0 atom stereocenters. The molecule has 0 aliphatic heterocycles. The second-order valence-electron chi connectivity index (χ2n) is 6.32. The van der Waals surface area contributed by atoms with E-state index < -0.39 is 0 Å². The Kier molecular flexibility index (Phi) is 6.45. The number of carbonyl (C=O) groups is 1. The first kappa shape index (κ1) is 19.6. The quantitative estimate of drug-likeness (QED) is 0.608. The number of aryl methyl sites for hydroxylation is 1. The first-order valence-corrected chi connectivity index (χ1v) is 10.0. The SMILES string of the molecule is CCCn1c(SCC(=O)Nc2ccccc2C#N)nnc1-c1cccc(C)c1. The lowest BCUT2D eigenvalue weighted by Gasteiger charge is -2.10. The molecule has 0 bridgehead atoms. The van der Waals surface area contributed by atoms with Crippen molar-refractivity contribution in [2.24, 2.45) is 0 Å². The third kappa shape index (κ3) is 4.59. The largest absolute Gasteiger partial charge is 0.324 e. The van der Waals surface area contributed by atoms with Crippen molar-refractivity contribution >= 4 is 23.4 Å². The molecule has 0 saturated heterocycles. The minimum atomic E-state index is -0.184. The zero-order chi connectivity index (χ0) is 19.9. The van der Waals surface area contributed by atoms with Gasteiger partial charge in [-0.2, -0.15) is 5.26 Å². The summed E-state index contributed by atoms with van der Waals surface area (Å²) in [6.45, 7) is 4.92. The number of benzene rings is 2. The maximum Gasteiger partial charge on any atom is 0.234 e. The van der Waals surface area contributed by atoms with E-state index in [1.165, 1.54) is 11.8 Å². The molecule has 6 nitrogen and oxygen atoms in total. The number of rotatable bonds is 7. The van der Waals surface area contributed by atoms with Gasteiger partial charge in [0, 0.05) is 12.1 Å². The van der Waals surface area contributed by atoms with Crippen LogP contribution in [0.15, 0.2) is 53.7 Å². The highest BCUT2D eigenvalue weighted by atomic mass is 32.2. The number of nitrogens with zero attached hydrogens (tertiary/aromatic N) is 4. The number of thioether (sulfide) groups is 1. The van der Waals surface area contributed by atoms with Gasteiger partial charge in [0.25, 0.3) is 0 Å². The zero-order valence-electron chi connectivity index (χ0n) is 15.8. The number of carbonyl (C=O) groups excluding carboxylic acids is 1. The number of nitriles is 1. The van der Waals surface area contributed by atoms with Gasteiger partial charge in [0.05, 0.1) is 17.0 Å². The van der Waals surface area contributed by atoms with E-state index in [2.05, 4.69) is 39.1 Å². The van der Waals surface area contributed by atoms with E-state index in [4.69, 9.17) is 5.26 Å². The summed E-state index contributed by atoms with van der Waals surface area (Å²) in [6.07, 6.45) is 0.937. The van der Waals surface area contributed by atoms with Gasteiger partial charge in [0.2, 0.25) is 5.91 Å². The summed E-state index contributed by atoms with van der Waals surface area (Å²) in [4.78, 5) is 12.3. The van der Waals surface area contributed by atoms with E-state index >= 15 is 0 Å². The highest BCUT2D eigenvalue weighted by Gasteiger charge is 2.16. The first-order valence-electron chi connectivity index (χ1n) is 9.04. The van der Waals surface area contributed by atoms with E-state index in [0.29, 0.717) is 16.4 Å². The van der Waals surface area contributed by atoms with E-state index in [1.807, 2.05) is 25.1 Å². The Morgan fingerprint density at radius 1 is 1.21 bits per heavy atom. The number of nitrogens with one attached hydrogen (secondary N) is 1. The summed E-state index contributed by atoms with van der Waals surface area (Å²) < 4.78 is 2.05. The van der Waals surface area contributed by atoms with Gasteiger partial charge in [-0.05, 0) is 31.5 Å². The molecule has 0 unspecified atom stereocenters. The molecule has 1 aromatic heterocycles. The Balaban J connectivity index is 1.74. The molecule has 0 aliphatic rings. The van der Waals surface area contributed by atoms with Crippen LogP contribution in [0.3, 0.4) is 0 Å². The molecule has 0 fully saturated rings. The van der Waals surface area contributed by atoms with E-state index in [-0.39, 0.29) is 11.7 Å². The van der Waals surface area contributed by atoms with Crippen LogP contribution in [0.25, 0.3) is 11.4 Å². The Labute approximate surface area is 168 Å². The summed E-state index contributed by atoms with van der Waals surface area (Å²) in [6, 6.07) is 17.2. The summed E-state index contributed by atoms with van der Waals surface area (Å²) in [7, 11) is 0. The van der Waals surface area contributed by atoms with Gasteiger partial charge in [0.15, 0.2) is 11.0 Å². The molecule has 0 radical (unpaired) electrons. The average Bonchev–Trinajstić information content (AvgIpc) is 3.10. The lowest BCUT2D eigenvalue weighted by atomic mass is 10.1. The van der Waals surface area contributed by atoms with E-state index in [9.17, 15) is 4.79 Å². The van der Waals surface area contributed by atoms with Crippen LogP contribution in [0.2, 0.25) is 0 Å². The van der Waals surface area contributed by atoms with Gasteiger partial charge in [-0.1, -0.05) is 54.6 Å². The van der Waals surface area contributed by atoms with Crippen LogP contribution in [0.1, 0.15) is 24.5 Å². The highest BCUT2D eigenvalue weighted by molar-refractivity contribution is 7.99. The zero-order valence-corrected chi connectivity index (χ0v) is 16.7. The lowest BCUT2D eigenvalue weighted by Crippen LogP contribution is -2.15. The molecule has 142 valence electrons. The van der Waals surface area contributed by atoms with E-state index in [1.54, 1.807) is 24.3 Å². The second-order valence-corrected chi connectivity index (χ2v) is 7.26. The standard InChI is InChI=1S/C21H21N5OS/c1-3-11-26-20(16-9-6-7-15(2)12-16)24-25-21(26)28-14-19(27)23-18-10-5-4-8-17(18)13-22/h4-10,12H,3,11,14H2,1-2H3,(H,23,27). The highest BCUT2D eigenvalue weighted by Crippen LogP contribution is 2.25. The smallest absolute Gasteiger partial charge is 0.234 e. The van der Waals surface area contributed by atoms with Crippen LogP contribution >= 0.6 is 11.8 Å². The number of amides is 1. The van der Waals surface area contributed by atoms with Gasteiger partial charge in [-0.25, -0.2) is 0 Å². The number of para-hydroxylation sites is 1. The van der Waals surface area contributed by atoms with Crippen LogP contribution in [-0.2, 0) is 11.3 Å². The summed E-state index contributed by atoms with van der Waals surface area (Å²) >= 11 is 1.34. The number of hydrogen-bond donors (Lipinski definition) is 1. The first-order chi connectivity index (χ1) is 13.6. The molecule has 7 heteroatoms. The van der Waals surface area contributed by atoms with Crippen LogP contribution in [-0.4, -0.2) is 26.4 Å². The fourth-order valence-corrected chi connectivity index (χ4v) is 3.59. The van der Waals surface area contributed by atoms with Crippen molar-refractivity contribution in [3.8, 4) is 17.5 Å².